The molecule has 1 unspecified atom stereocenters. The molecule has 1 aromatic rings. The lowest BCUT2D eigenvalue weighted by molar-refractivity contribution is 0.234. The van der Waals surface area contributed by atoms with Gasteiger partial charge in [-0.1, -0.05) is 12.1 Å². The molecule has 2 amide bonds. The standard InChI is InChI=1S/C22H31N3O3S/c1-15(2)25-12-5-8-18(25)11-13-29(27,28)24-22(26)23-21-19-9-3-6-16(19)14-17-7-4-10-20(17)21/h11,13-15,18H,3-10,12H2,1-2H3,(H2,23,24,26)/b13-11+. The molecule has 1 heterocycles. The van der Waals surface area contributed by atoms with E-state index in [0.29, 0.717) is 6.04 Å². The number of carbonyl (C=O) groups is 1. The van der Waals surface area contributed by atoms with Crippen molar-refractivity contribution in [1.29, 1.82) is 0 Å². The van der Waals surface area contributed by atoms with Crippen molar-refractivity contribution in [2.75, 3.05) is 11.9 Å². The molecule has 1 saturated heterocycles. The van der Waals surface area contributed by atoms with E-state index in [4.69, 9.17) is 0 Å². The van der Waals surface area contributed by atoms with Crippen LogP contribution in [0.2, 0.25) is 0 Å². The highest BCUT2D eigenvalue weighted by atomic mass is 32.2. The van der Waals surface area contributed by atoms with Crippen LogP contribution in [0.4, 0.5) is 10.5 Å². The van der Waals surface area contributed by atoms with Crippen molar-refractivity contribution in [2.24, 2.45) is 0 Å². The van der Waals surface area contributed by atoms with E-state index in [2.05, 4.69) is 34.9 Å². The van der Waals surface area contributed by atoms with Gasteiger partial charge < -0.3 is 5.32 Å². The van der Waals surface area contributed by atoms with Gasteiger partial charge in [-0.25, -0.2) is 17.9 Å². The van der Waals surface area contributed by atoms with E-state index in [1.807, 2.05) is 0 Å². The lowest BCUT2D eigenvalue weighted by atomic mass is 9.99. The molecule has 1 aromatic carbocycles. The van der Waals surface area contributed by atoms with Gasteiger partial charge in [0, 0.05) is 23.2 Å². The molecule has 158 valence electrons. The predicted molar refractivity (Wildman–Crippen MR) is 116 cm³/mol. The van der Waals surface area contributed by atoms with Crippen LogP contribution in [0.1, 0.15) is 61.8 Å². The number of benzene rings is 1. The Labute approximate surface area is 173 Å². The number of nitrogens with one attached hydrogen (secondary N) is 2. The van der Waals surface area contributed by atoms with Crippen LogP contribution in [0, 0.1) is 0 Å². The molecule has 0 bridgehead atoms. The summed E-state index contributed by atoms with van der Waals surface area (Å²) < 4.78 is 27.1. The Morgan fingerprint density at radius 2 is 1.76 bits per heavy atom. The Bertz CT molecular complexity index is 905. The molecule has 6 nitrogen and oxygen atoms in total. The highest BCUT2D eigenvalue weighted by Gasteiger charge is 2.27. The lowest BCUT2D eigenvalue weighted by Gasteiger charge is -2.25. The van der Waals surface area contributed by atoms with Gasteiger partial charge in [0.15, 0.2) is 0 Å². The molecule has 3 aliphatic rings. The number of anilines is 1. The van der Waals surface area contributed by atoms with Gasteiger partial charge in [-0.2, -0.15) is 0 Å². The Kier molecular flexibility index (Phi) is 5.71. The summed E-state index contributed by atoms with van der Waals surface area (Å²) in [4.78, 5) is 14.8. The Balaban J connectivity index is 1.46. The number of hydrogen-bond acceptors (Lipinski definition) is 4. The van der Waals surface area contributed by atoms with Crippen LogP contribution >= 0.6 is 0 Å². The Morgan fingerprint density at radius 3 is 2.38 bits per heavy atom. The number of fused-ring (bicyclic) bond motifs is 2. The van der Waals surface area contributed by atoms with Crippen molar-refractivity contribution in [2.45, 2.75) is 77.3 Å². The fraction of sp³-hybridized carbons (Fsp3) is 0.591. The largest absolute Gasteiger partial charge is 0.333 e. The second-order valence-electron chi connectivity index (χ2n) is 8.70. The summed E-state index contributed by atoms with van der Waals surface area (Å²) in [6.45, 7) is 5.21. The zero-order valence-electron chi connectivity index (χ0n) is 17.3. The maximum atomic E-state index is 12.6. The minimum absolute atomic E-state index is 0.107. The van der Waals surface area contributed by atoms with Crippen LogP contribution in [-0.2, 0) is 35.7 Å². The number of aryl methyl sites for hydroxylation is 2. The maximum absolute atomic E-state index is 12.6. The van der Waals surface area contributed by atoms with Gasteiger partial charge in [0.25, 0.3) is 10.0 Å². The number of sulfonamides is 1. The number of amides is 2. The summed E-state index contributed by atoms with van der Waals surface area (Å²) in [5.74, 6) is 0. The van der Waals surface area contributed by atoms with E-state index >= 15 is 0 Å². The van der Waals surface area contributed by atoms with Crippen LogP contribution < -0.4 is 10.0 Å². The molecule has 29 heavy (non-hydrogen) atoms. The zero-order chi connectivity index (χ0) is 20.6. The number of rotatable bonds is 5. The average Bonchev–Trinajstić information content (AvgIpc) is 3.39. The van der Waals surface area contributed by atoms with E-state index in [0.717, 1.165) is 69.0 Å². The molecule has 2 N–H and O–H groups in total. The topological polar surface area (TPSA) is 78.5 Å². The predicted octanol–water partition coefficient (Wildman–Crippen LogP) is 3.50. The van der Waals surface area contributed by atoms with E-state index < -0.39 is 16.1 Å². The highest BCUT2D eigenvalue weighted by molar-refractivity contribution is 7.92. The number of urea groups is 1. The summed E-state index contributed by atoms with van der Waals surface area (Å²) in [6.07, 6.45) is 9.84. The molecule has 0 saturated carbocycles. The zero-order valence-corrected chi connectivity index (χ0v) is 18.1. The monoisotopic (exact) mass is 417 g/mol. The third kappa shape index (κ3) is 4.36. The van der Waals surface area contributed by atoms with Crippen molar-refractivity contribution >= 4 is 21.7 Å². The first-order valence-corrected chi connectivity index (χ1v) is 12.3. The molecule has 2 aliphatic carbocycles. The molecule has 1 fully saturated rings. The summed E-state index contributed by atoms with van der Waals surface area (Å²) in [5.41, 5.74) is 5.84. The number of likely N-dealkylation sites (tertiary alicyclic amines) is 1. The van der Waals surface area contributed by atoms with Crippen molar-refractivity contribution < 1.29 is 13.2 Å². The van der Waals surface area contributed by atoms with Crippen molar-refractivity contribution in [3.05, 3.63) is 39.8 Å². The van der Waals surface area contributed by atoms with E-state index in [-0.39, 0.29) is 6.04 Å². The van der Waals surface area contributed by atoms with Crippen molar-refractivity contribution in [3.63, 3.8) is 0 Å². The first-order valence-electron chi connectivity index (χ1n) is 10.8. The van der Waals surface area contributed by atoms with Gasteiger partial charge in [0.1, 0.15) is 0 Å². The Hall–Kier alpha value is -1.86. The van der Waals surface area contributed by atoms with Gasteiger partial charge in [0.2, 0.25) is 0 Å². The van der Waals surface area contributed by atoms with Gasteiger partial charge in [-0.05, 0) is 94.0 Å². The number of hydrogen-bond donors (Lipinski definition) is 2. The second kappa shape index (κ2) is 8.11. The molecule has 1 atom stereocenters. The smallest absolute Gasteiger partial charge is 0.307 e. The number of nitrogens with zero attached hydrogens (tertiary/aromatic N) is 1. The molecule has 0 radical (unpaired) electrons. The molecular formula is C22H31N3O3S. The highest BCUT2D eigenvalue weighted by Crippen LogP contribution is 2.38. The first-order chi connectivity index (χ1) is 13.8. The maximum Gasteiger partial charge on any atom is 0.333 e. The third-order valence-electron chi connectivity index (χ3n) is 6.43. The van der Waals surface area contributed by atoms with E-state index in [1.165, 1.54) is 22.3 Å². The molecule has 7 heteroatoms. The van der Waals surface area contributed by atoms with Gasteiger partial charge in [-0.3, -0.25) is 4.90 Å². The van der Waals surface area contributed by atoms with Crippen LogP contribution in [-0.4, -0.2) is 38.0 Å². The molecule has 1 aliphatic heterocycles. The van der Waals surface area contributed by atoms with Crippen molar-refractivity contribution in [1.82, 2.24) is 9.62 Å². The summed E-state index contributed by atoms with van der Waals surface area (Å²) in [7, 11) is -3.83. The Morgan fingerprint density at radius 1 is 1.10 bits per heavy atom. The van der Waals surface area contributed by atoms with Gasteiger partial charge in [-0.15, -0.1) is 0 Å². The van der Waals surface area contributed by atoms with Gasteiger partial charge in [0.05, 0.1) is 0 Å². The molecular weight excluding hydrogens is 386 g/mol. The fourth-order valence-corrected chi connectivity index (χ4v) is 5.89. The van der Waals surface area contributed by atoms with Gasteiger partial charge >= 0.3 is 6.03 Å². The van der Waals surface area contributed by atoms with Crippen LogP contribution in [0.15, 0.2) is 17.6 Å². The van der Waals surface area contributed by atoms with Crippen LogP contribution in [0.5, 0.6) is 0 Å². The normalized spacial score (nSPS) is 21.7. The molecule has 4 rings (SSSR count). The van der Waals surface area contributed by atoms with Crippen LogP contribution in [0.25, 0.3) is 0 Å². The summed E-state index contributed by atoms with van der Waals surface area (Å²) in [6, 6.07) is 2.09. The third-order valence-corrected chi connectivity index (χ3v) is 7.42. The van der Waals surface area contributed by atoms with Crippen molar-refractivity contribution in [3.8, 4) is 0 Å². The lowest BCUT2D eigenvalue weighted by Crippen LogP contribution is -2.36. The second-order valence-corrected chi connectivity index (χ2v) is 10.3. The van der Waals surface area contributed by atoms with Crippen LogP contribution in [0.3, 0.4) is 0 Å². The quantitative estimate of drug-likeness (QED) is 0.769. The summed E-state index contributed by atoms with van der Waals surface area (Å²) >= 11 is 0. The van der Waals surface area contributed by atoms with E-state index in [1.54, 1.807) is 6.08 Å². The first kappa shape index (κ1) is 20.4. The minimum Gasteiger partial charge on any atom is -0.307 e. The molecule has 0 aromatic heterocycles. The number of carbonyl (C=O) groups excluding carboxylic acids is 1. The SMILES string of the molecule is CC(C)N1CCCC1/C=C/S(=O)(=O)NC(=O)Nc1c2c(cc3c1CCC3)CCC2. The summed E-state index contributed by atoms with van der Waals surface area (Å²) in [5, 5.41) is 4.03. The fourth-order valence-electron chi connectivity index (χ4n) is 5.13. The molecule has 0 spiro atoms. The average molecular weight is 418 g/mol. The minimum atomic E-state index is -3.83. The van der Waals surface area contributed by atoms with E-state index in [9.17, 15) is 13.2 Å².